The maximum atomic E-state index is 13.9. The maximum Gasteiger partial charge on any atom is 0.230 e. The summed E-state index contributed by atoms with van der Waals surface area (Å²) in [6.45, 7) is 4.24. The van der Waals surface area contributed by atoms with Gasteiger partial charge >= 0.3 is 0 Å². The van der Waals surface area contributed by atoms with Crippen LogP contribution in [0.2, 0.25) is 0 Å². The Kier molecular flexibility index (Phi) is 8.07. The molecule has 1 amide bonds. The maximum absolute atomic E-state index is 13.9. The number of halogens is 2. The fourth-order valence-corrected chi connectivity index (χ4v) is 4.46. The fourth-order valence-electron chi connectivity index (χ4n) is 3.64. The van der Waals surface area contributed by atoms with E-state index in [1.165, 1.54) is 30.7 Å². The van der Waals surface area contributed by atoms with Gasteiger partial charge in [-0.2, -0.15) is 0 Å². The lowest BCUT2D eigenvalue weighted by Gasteiger charge is -2.17. The highest BCUT2D eigenvalue weighted by molar-refractivity contribution is 7.99. The van der Waals surface area contributed by atoms with E-state index in [1.54, 1.807) is 6.92 Å². The van der Waals surface area contributed by atoms with E-state index in [1.807, 2.05) is 11.5 Å². The molecule has 9 heteroatoms. The van der Waals surface area contributed by atoms with Gasteiger partial charge in [0.2, 0.25) is 5.91 Å². The average Bonchev–Trinajstić information content (AvgIpc) is 2.96. The summed E-state index contributed by atoms with van der Waals surface area (Å²) in [5.74, 6) is -0.702. The zero-order valence-electron chi connectivity index (χ0n) is 17.4. The Labute approximate surface area is 179 Å². The van der Waals surface area contributed by atoms with Crippen molar-refractivity contribution in [3.63, 3.8) is 0 Å². The van der Waals surface area contributed by atoms with Gasteiger partial charge in [0.25, 0.3) is 0 Å². The van der Waals surface area contributed by atoms with Gasteiger partial charge in [0.15, 0.2) is 28.7 Å². The smallest absolute Gasteiger partial charge is 0.230 e. The molecule has 1 aromatic carbocycles. The number of rotatable bonds is 8. The molecule has 2 aromatic rings. The monoisotopic (exact) mass is 438 g/mol. The highest BCUT2D eigenvalue weighted by atomic mass is 32.2. The molecule has 1 aromatic heterocycles. The van der Waals surface area contributed by atoms with Crippen LogP contribution in [0.15, 0.2) is 23.4 Å². The molecule has 0 bridgehead atoms. The zero-order chi connectivity index (χ0) is 21.5. The molecular weight excluding hydrogens is 410 g/mol. The van der Waals surface area contributed by atoms with Crippen LogP contribution in [0.4, 0.5) is 8.78 Å². The van der Waals surface area contributed by atoms with Crippen LogP contribution in [0.1, 0.15) is 64.3 Å². The van der Waals surface area contributed by atoms with E-state index in [4.69, 9.17) is 4.74 Å². The minimum atomic E-state index is -0.769. The third kappa shape index (κ3) is 5.93. The Morgan fingerprint density at radius 1 is 1.27 bits per heavy atom. The van der Waals surface area contributed by atoms with Crippen molar-refractivity contribution >= 4 is 17.7 Å². The van der Waals surface area contributed by atoms with Crippen LogP contribution in [0.3, 0.4) is 0 Å². The number of aromatic nitrogens is 3. The minimum Gasteiger partial charge on any atom is -0.480 e. The number of hydrogen-bond acceptors (Lipinski definition) is 5. The lowest BCUT2D eigenvalue weighted by Crippen LogP contribution is -2.35. The second-order valence-electron chi connectivity index (χ2n) is 7.46. The molecule has 3 rings (SSSR count). The van der Waals surface area contributed by atoms with Crippen molar-refractivity contribution in [2.24, 2.45) is 0 Å². The second kappa shape index (κ2) is 10.7. The molecular formula is C21H28F2N4O2S. The number of nitrogens with zero attached hydrogens (tertiary/aromatic N) is 3. The van der Waals surface area contributed by atoms with Crippen LogP contribution in [0.5, 0.6) is 5.75 Å². The van der Waals surface area contributed by atoms with Gasteiger partial charge in [0.1, 0.15) is 5.82 Å². The molecule has 1 heterocycles. The zero-order valence-corrected chi connectivity index (χ0v) is 18.2. The summed E-state index contributed by atoms with van der Waals surface area (Å²) in [6.07, 6.45) is 6.31. The number of carbonyl (C=O) groups excluding carboxylic acids is 1. The van der Waals surface area contributed by atoms with Gasteiger partial charge in [0, 0.05) is 18.7 Å². The molecule has 0 spiro atoms. The van der Waals surface area contributed by atoms with Gasteiger partial charge in [-0.05, 0) is 38.8 Å². The van der Waals surface area contributed by atoms with Crippen LogP contribution >= 0.6 is 11.8 Å². The SMILES string of the molecule is CCn1c(SCC(=O)NC2CCCCCC2)nnc1C(C)Oc1ccc(F)cc1F. The van der Waals surface area contributed by atoms with E-state index in [-0.39, 0.29) is 23.5 Å². The van der Waals surface area contributed by atoms with Crippen molar-refractivity contribution in [3.8, 4) is 5.75 Å². The highest BCUT2D eigenvalue weighted by Gasteiger charge is 2.21. The first-order valence-corrected chi connectivity index (χ1v) is 11.4. The summed E-state index contributed by atoms with van der Waals surface area (Å²) < 4.78 is 34.4. The second-order valence-corrected chi connectivity index (χ2v) is 8.41. The van der Waals surface area contributed by atoms with E-state index in [2.05, 4.69) is 15.5 Å². The summed E-state index contributed by atoms with van der Waals surface area (Å²) in [5.41, 5.74) is 0. The Balaban J connectivity index is 1.59. The predicted molar refractivity (Wildman–Crippen MR) is 111 cm³/mol. The lowest BCUT2D eigenvalue weighted by molar-refractivity contribution is -0.119. The molecule has 0 aliphatic heterocycles. The lowest BCUT2D eigenvalue weighted by atomic mass is 10.1. The van der Waals surface area contributed by atoms with Crippen LogP contribution in [0.25, 0.3) is 0 Å². The molecule has 6 nitrogen and oxygen atoms in total. The van der Waals surface area contributed by atoms with Crippen molar-refractivity contribution in [1.29, 1.82) is 0 Å². The summed E-state index contributed by atoms with van der Waals surface area (Å²) in [7, 11) is 0. The molecule has 1 unspecified atom stereocenters. The summed E-state index contributed by atoms with van der Waals surface area (Å²) in [5, 5.41) is 12.1. The third-order valence-corrected chi connectivity index (χ3v) is 6.14. The number of nitrogens with one attached hydrogen (secondary N) is 1. The minimum absolute atomic E-state index is 0.00298. The summed E-state index contributed by atoms with van der Waals surface area (Å²) >= 11 is 1.32. The van der Waals surface area contributed by atoms with Crippen molar-refractivity contribution in [1.82, 2.24) is 20.1 Å². The Hall–Kier alpha value is -2.16. The standard InChI is InChI=1S/C21H28F2N4O2S/c1-3-27-20(14(2)29-18-11-10-15(22)12-17(18)23)25-26-21(27)30-13-19(28)24-16-8-6-4-5-7-9-16/h10-12,14,16H,3-9,13H2,1-2H3,(H,24,28). The van der Waals surface area contributed by atoms with Gasteiger partial charge in [-0.15, -0.1) is 10.2 Å². The summed E-state index contributed by atoms with van der Waals surface area (Å²) in [6, 6.07) is 3.44. The van der Waals surface area contributed by atoms with Crippen molar-refractivity contribution in [2.75, 3.05) is 5.75 Å². The number of amides is 1. The molecule has 1 aliphatic rings. The van der Waals surface area contributed by atoms with Crippen LogP contribution in [-0.2, 0) is 11.3 Å². The normalized spacial score (nSPS) is 16.1. The third-order valence-electron chi connectivity index (χ3n) is 5.18. The number of thioether (sulfide) groups is 1. The van der Waals surface area contributed by atoms with Crippen molar-refractivity contribution in [3.05, 3.63) is 35.7 Å². The Morgan fingerprint density at radius 2 is 2.00 bits per heavy atom. The van der Waals surface area contributed by atoms with Gasteiger partial charge in [0.05, 0.1) is 5.75 Å². The molecule has 0 radical (unpaired) electrons. The molecule has 0 saturated heterocycles. The van der Waals surface area contributed by atoms with Crippen molar-refractivity contribution < 1.29 is 18.3 Å². The van der Waals surface area contributed by atoms with E-state index in [0.29, 0.717) is 17.5 Å². The van der Waals surface area contributed by atoms with Crippen LogP contribution in [0, 0.1) is 11.6 Å². The first-order chi connectivity index (χ1) is 14.5. The average molecular weight is 439 g/mol. The van der Waals surface area contributed by atoms with Gasteiger partial charge in [-0.1, -0.05) is 37.4 Å². The fraction of sp³-hybridized carbons (Fsp3) is 0.571. The van der Waals surface area contributed by atoms with E-state index >= 15 is 0 Å². The Morgan fingerprint density at radius 3 is 2.67 bits per heavy atom. The van der Waals surface area contributed by atoms with Gasteiger partial charge in [-0.25, -0.2) is 8.78 Å². The topological polar surface area (TPSA) is 69.0 Å². The van der Waals surface area contributed by atoms with Crippen LogP contribution in [-0.4, -0.2) is 32.5 Å². The number of benzene rings is 1. The molecule has 1 saturated carbocycles. The van der Waals surface area contributed by atoms with E-state index in [0.717, 1.165) is 37.8 Å². The molecule has 164 valence electrons. The number of ether oxygens (including phenoxy) is 1. The predicted octanol–water partition coefficient (Wildman–Crippen LogP) is 4.65. The molecule has 1 aliphatic carbocycles. The number of hydrogen-bond donors (Lipinski definition) is 1. The first kappa shape index (κ1) is 22.5. The van der Waals surface area contributed by atoms with Gasteiger partial charge < -0.3 is 14.6 Å². The summed E-state index contributed by atoms with van der Waals surface area (Å²) in [4.78, 5) is 12.4. The number of carbonyl (C=O) groups is 1. The quantitative estimate of drug-likeness (QED) is 0.480. The molecule has 1 N–H and O–H groups in total. The van der Waals surface area contributed by atoms with E-state index < -0.39 is 17.7 Å². The van der Waals surface area contributed by atoms with Gasteiger partial charge in [-0.3, -0.25) is 4.79 Å². The molecule has 1 atom stereocenters. The first-order valence-electron chi connectivity index (χ1n) is 10.4. The molecule has 1 fully saturated rings. The van der Waals surface area contributed by atoms with Crippen LogP contribution < -0.4 is 10.1 Å². The largest absolute Gasteiger partial charge is 0.480 e. The Bertz CT molecular complexity index is 854. The van der Waals surface area contributed by atoms with E-state index in [9.17, 15) is 13.6 Å². The molecule has 30 heavy (non-hydrogen) atoms. The van der Waals surface area contributed by atoms with Crippen molar-refractivity contribution in [2.45, 2.75) is 76.2 Å². The highest BCUT2D eigenvalue weighted by Crippen LogP contribution is 2.27.